The van der Waals surface area contributed by atoms with Crippen molar-refractivity contribution in [1.29, 1.82) is 0 Å². The molecule has 1 unspecified atom stereocenters. The van der Waals surface area contributed by atoms with E-state index in [2.05, 4.69) is 31.5 Å². The second kappa shape index (κ2) is 8.90. The molecule has 3 aromatic heterocycles. The molecule has 9 nitrogen and oxygen atoms in total. The van der Waals surface area contributed by atoms with Crippen LogP contribution in [-0.2, 0) is 9.84 Å². The lowest BCUT2D eigenvalue weighted by Gasteiger charge is -2.09. The number of rotatable bonds is 6. The molecule has 0 bridgehead atoms. The monoisotopic (exact) mass is 496 g/mol. The number of hydrogen-bond acceptors (Lipinski definition) is 10. The summed E-state index contributed by atoms with van der Waals surface area (Å²) in [5, 5.41) is 11.3. The summed E-state index contributed by atoms with van der Waals surface area (Å²) in [5.41, 5.74) is 7.56. The van der Waals surface area contributed by atoms with Crippen LogP contribution in [0.5, 0.6) is 0 Å². The Kier molecular flexibility index (Phi) is 5.92. The fourth-order valence-electron chi connectivity index (χ4n) is 3.78. The van der Waals surface area contributed by atoms with Gasteiger partial charge in [0.2, 0.25) is 0 Å². The van der Waals surface area contributed by atoms with Gasteiger partial charge in [0.05, 0.1) is 26.9 Å². The van der Waals surface area contributed by atoms with Crippen molar-refractivity contribution >= 4 is 27.0 Å². The summed E-state index contributed by atoms with van der Waals surface area (Å²) in [6.07, 6.45) is 3.83. The summed E-state index contributed by atoms with van der Waals surface area (Å²) in [5.74, 6) is 0.744. The summed E-state index contributed by atoms with van der Waals surface area (Å²) in [4.78, 5) is 11.2. The molecule has 1 aliphatic heterocycles. The van der Waals surface area contributed by atoms with Gasteiger partial charge in [-0.05, 0) is 57.5 Å². The van der Waals surface area contributed by atoms with E-state index in [1.807, 2.05) is 6.07 Å². The van der Waals surface area contributed by atoms with Crippen molar-refractivity contribution < 1.29 is 12.8 Å². The largest absolute Gasteiger partial charge is 0.414 e. The minimum Gasteiger partial charge on any atom is -0.414 e. The van der Waals surface area contributed by atoms with Gasteiger partial charge in [-0.25, -0.2) is 18.4 Å². The number of nitrogens with two attached hydrogens (primary N) is 1. The van der Waals surface area contributed by atoms with Crippen LogP contribution in [0.2, 0.25) is 0 Å². The maximum absolute atomic E-state index is 12.4. The van der Waals surface area contributed by atoms with Crippen LogP contribution in [0.1, 0.15) is 37.6 Å². The Labute approximate surface area is 201 Å². The van der Waals surface area contributed by atoms with Gasteiger partial charge in [-0.15, -0.1) is 21.5 Å². The van der Waals surface area contributed by atoms with E-state index in [9.17, 15) is 8.42 Å². The Bertz CT molecular complexity index is 1420. The maximum Gasteiger partial charge on any atom is 0.270 e. The highest BCUT2D eigenvalue weighted by Gasteiger charge is 2.22. The van der Waals surface area contributed by atoms with Crippen molar-refractivity contribution in [2.75, 3.05) is 12.3 Å². The molecule has 3 N–H and O–H groups in total. The highest BCUT2D eigenvalue weighted by molar-refractivity contribution is 7.92. The Morgan fingerprint density at radius 1 is 1.12 bits per heavy atom. The Balaban J connectivity index is 1.42. The summed E-state index contributed by atoms with van der Waals surface area (Å²) in [6.45, 7) is 4.34. The second-order valence-electron chi connectivity index (χ2n) is 8.37. The standard InChI is InChI=1S/C23H24N6O3S2/c1-13(2)34(30,31)15-7-5-14(6-8-15)17-12-26-21(24)20(27-17)23-29-28-22(32-23)19-10-9-18(33-19)16-4-3-11-25-16/h5-10,12-13,16,25H,3-4,11H2,1-2H3,(H2,24,26). The smallest absolute Gasteiger partial charge is 0.270 e. The van der Waals surface area contributed by atoms with Crippen LogP contribution in [-0.4, -0.2) is 40.4 Å². The predicted octanol–water partition coefficient (Wildman–Crippen LogP) is 4.11. The molecule has 1 aromatic carbocycles. The third kappa shape index (κ3) is 4.22. The molecule has 0 saturated carbocycles. The lowest BCUT2D eigenvalue weighted by molar-refractivity contribution is 0.583. The topological polar surface area (TPSA) is 137 Å². The summed E-state index contributed by atoms with van der Waals surface area (Å²) < 4.78 is 30.7. The summed E-state index contributed by atoms with van der Waals surface area (Å²) in [7, 11) is -3.35. The average Bonchev–Trinajstić information content (AvgIpc) is 3.60. The Hall–Kier alpha value is -3.15. The third-order valence-corrected chi connectivity index (χ3v) is 9.13. The van der Waals surface area contributed by atoms with E-state index in [0.717, 1.165) is 17.8 Å². The molecule has 0 radical (unpaired) electrons. The van der Waals surface area contributed by atoms with Gasteiger partial charge in [0.25, 0.3) is 11.8 Å². The normalized spacial score (nSPS) is 16.4. The number of benzene rings is 1. The van der Waals surface area contributed by atoms with Crippen LogP contribution in [0, 0.1) is 0 Å². The van der Waals surface area contributed by atoms with Gasteiger partial charge in [0.15, 0.2) is 21.3 Å². The molecule has 4 heterocycles. The van der Waals surface area contributed by atoms with Crippen molar-refractivity contribution in [3.8, 4) is 33.6 Å². The molecule has 0 aliphatic carbocycles. The van der Waals surface area contributed by atoms with Crippen LogP contribution >= 0.6 is 11.3 Å². The van der Waals surface area contributed by atoms with Crippen molar-refractivity contribution in [3.05, 3.63) is 47.5 Å². The molecule has 1 atom stereocenters. The average molecular weight is 497 g/mol. The molecular weight excluding hydrogens is 472 g/mol. The van der Waals surface area contributed by atoms with E-state index >= 15 is 0 Å². The molecule has 1 fully saturated rings. The van der Waals surface area contributed by atoms with Crippen LogP contribution in [0.25, 0.3) is 33.6 Å². The SMILES string of the molecule is CC(C)S(=O)(=O)c1ccc(-c2cnc(N)c(-c3nnc(-c4ccc(C5CCCN5)s4)o3)n2)cc1. The van der Waals surface area contributed by atoms with Gasteiger partial charge in [-0.2, -0.15) is 0 Å². The van der Waals surface area contributed by atoms with Gasteiger partial charge in [0.1, 0.15) is 0 Å². The lowest BCUT2D eigenvalue weighted by atomic mass is 10.1. The molecule has 176 valence electrons. The molecule has 4 aromatic rings. The van der Waals surface area contributed by atoms with Crippen LogP contribution in [0.3, 0.4) is 0 Å². The van der Waals surface area contributed by atoms with E-state index in [-0.39, 0.29) is 22.3 Å². The van der Waals surface area contributed by atoms with Gasteiger partial charge < -0.3 is 15.5 Å². The van der Waals surface area contributed by atoms with E-state index in [4.69, 9.17) is 10.2 Å². The number of nitrogens with zero attached hydrogens (tertiary/aromatic N) is 4. The summed E-state index contributed by atoms with van der Waals surface area (Å²) >= 11 is 1.63. The number of nitrogens with one attached hydrogen (secondary N) is 1. The van der Waals surface area contributed by atoms with Gasteiger partial charge >= 0.3 is 0 Å². The first-order chi connectivity index (χ1) is 16.3. The molecule has 34 heavy (non-hydrogen) atoms. The number of thiophene rings is 1. The van der Waals surface area contributed by atoms with Crippen LogP contribution < -0.4 is 11.1 Å². The fourth-order valence-corrected chi connectivity index (χ4v) is 5.88. The van der Waals surface area contributed by atoms with E-state index in [0.29, 0.717) is 23.2 Å². The molecule has 0 amide bonds. The maximum atomic E-state index is 12.4. The molecule has 1 aliphatic rings. The predicted molar refractivity (Wildman–Crippen MR) is 131 cm³/mol. The molecule has 0 spiro atoms. The zero-order chi connectivity index (χ0) is 23.9. The zero-order valence-electron chi connectivity index (χ0n) is 18.7. The van der Waals surface area contributed by atoms with Gasteiger partial charge in [-0.3, -0.25) is 0 Å². The number of aromatic nitrogens is 4. The van der Waals surface area contributed by atoms with E-state index < -0.39 is 15.1 Å². The van der Waals surface area contributed by atoms with Crippen molar-refractivity contribution in [3.63, 3.8) is 0 Å². The second-order valence-corrected chi connectivity index (χ2v) is 12.0. The molecular formula is C23H24N6O3S2. The zero-order valence-corrected chi connectivity index (χ0v) is 20.4. The van der Waals surface area contributed by atoms with Gasteiger partial charge in [0, 0.05) is 16.5 Å². The van der Waals surface area contributed by atoms with E-state index in [1.165, 1.54) is 17.5 Å². The number of hydrogen-bond donors (Lipinski definition) is 2. The first-order valence-electron chi connectivity index (χ1n) is 11.0. The fraction of sp³-hybridized carbons (Fsp3) is 0.304. The number of sulfone groups is 1. The lowest BCUT2D eigenvalue weighted by Crippen LogP contribution is -2.13. The Morgan fingerprint density at radius 2 is 1.88 bits per heavy atom. The van der Waals surface area contributed by atoms with Crippen LogP contribution in [0.15, 0.2) is 51.9 Å². The third-order valence-electron chi connectivity index (χ3n) is 5.77. The quantitative estimate of drug-likeness (QED) is 0.404. The highest BCUT2D eigenvalue weighted by atomic mass is 32.2. The molecule has 1 saturated heterocycles. The first kappa shape index (κ1) is 22.6. The first-order valence-corrected chi connectivity index (χ1v) is 13.3. The number of nitrogen functional groups attached to an aromatic ring is 1. The minimum atomic E-state index is -3.35. The van der Waals surface area contributed by atoms with Crippen molar-refractivity contribution in [1.82, 2.24) is 25.5 Å². The molecule has 11 heteroatoms. The minimum absolute atomic E-state index is 0.167. The van der Waals surface area contributed by atoms with Crippen molar-refractivity contribution in [2.24, 2.45) is 0 Å². The van der Waals surface area contributed by atoms with Gasteiger partial charge in [-0.1, -0.05) is 12.1 Å². The van der Waals surface area contributed by atoms with Crippen LogP contribution in [0.4, 0.5) is 5.82 Å². The van der Waals surface area contributed by atoms with Crippen molar-refractivity contribution in [2.45, 2.75) is 42.9 Å². The highest BCUT2D eigenvalue weighted by Crippen LogP contribution is 2.35. The van der Waals surface area contributed by atoms with E-state index in [1.54, 1.807) is 49.4 Å². The Morgan fingerprint density at radius 3 is 2.59 bits per heavy atom. The molecule has 5 rings (SSSR count). The summed E-state index contributed by atoms with van der Waals surface area (Å²) in [6, 6.07) is 11.0. The number of anilines is 1.